The largest absolute Gasteiger partial charge is 0.274 e. The summed E-state index contributed by atoms with van der Waals surface area (Å²) in [4.78, 5) is 27.8. The van der Waals surface area contributed by atoms with Crippen molar-refractivity contribution in [2.75, 3.05) is 11.4 Å². The number of sulfonamides is 1. The van der Waals surface area contributed by atoms with Crippen LogP contribution in [0.25, 0.3) is 0 Å². The fraction of sp³-hybridized carbons (Fsp3) is 0.429. The summed E-state index contributed by atoms with van der Waals surface area (Å²) < 4.78 is 28.7. The quantitative estimate of drug-likeness (QED) is 0.367. The molecule has 1 unspecified atom stereocenters. The standard InChI is InChI=1S/C28H34N2O4S/c1-20(2)23-11-13-24(14-12-23)30-27(31)19-26(28(30)32)29(18-17-22-7-5-4-6-8-22)35(33,34)25-15-9-21(3)10-16-25/h7,9-16,20,26H,4-6,8,17-19H2,1-3H3. The van der Waals surface area contributed by atoms with E-state index in [1.165, 1.54) is 9.88 Å². The van der Waals surface area contributed by atoms with Gasteiger partial charge in [-0.15, -0.1) is 0 Å². The van der Waals surface area contributed by atoms with Crippen molar-refractivity contribution in [2.24, 2.45) is 0 Å². The zero-order valence-electron chi connectivity index (χ0n) is 20.7. The molecule has 2 aromatic rings. The Hall–Kier alpha value is -2.77. The van der Waals surface area contributed by atoms with Gasteiger partial charge in [-0.25, -0.2) is 13.3 Å². The van der Waals surface area contributed by atoms with Crippen molar-refractivity contribution in [1.82, 2.24) is 4.31 Å². The molecule has 6 nitrogen and oxygen atoms in total. The molecular weight excluding hydrogens is 460 g/mol. The smallest absolute Gasteiger partial charge is 0.252 e. The van der Waals surface area contributed by atoms with E-state index in [4.69, 9.17) is 0 Å². The maximum atomic E-state index is 13.7. The van der Waals surface area contributed by atoms with Crippen LogP contribution in [0.1, 0.15) is 69.4 Å². The van der Waals surface area contributed by atoms with Crippen LogP contribution in [-0.2, 0) is 19.6 Å². The maximum Gasteiger partial charge on any atom is 0.252 e. The second kappa shape index (κ2) is 10.5. The number of hydrogen-bond donors (Lipinski definition) is 0. The molecule has 7 heteroatoms. The molecule has 0 spiro atoms. The molecule has 35 heavy (non-hydrogen) atoms. The molecule has 1 aliphatic heterocycles. The van der Waals surface area contributed by atoms with E-state index in [0.717, 1.165) is 41.7 Å². The Morgan fingerprint density at radius 1 is 1.00 bits per heavy atom. The molecule has 4 rings (SSSR count). The van der Waals surface area contributed by atoms with Gasteiger partial charge in [0.25, 0.3) is 5.91 Å². The monoisotopic (exact) mass is 494 g/mol. The van der Waals surface area contributed by atoms with Gasteiger partial charge >= 0.3 is 0 Å². The molecule has 2 aromatic carbocycles. The van der Waals surface area contributed by atoms with Gasteiger partial charge in [0.2, 0.25) is 15.9 Å². The zero-order chi connectivity index (χ0) is 25.2. The third-order valence-corrected chi connectivity index (χ3v) is 8.88. The van der Waals surface area contributed by atoms with Gasteiger partial charge in [-0.2, -0.15) is 4.31 Å². The van der Waals surface area contributed by atoms with Crippen LogP contribution in [0.4, 0.5) is 5.69 Å². The predicted octanol–water partition coefficient (Wildman–Crippen LogP) is 5.33. The van der Waals surface area contributed by atoms with Gasteiger partial charge in [0.15, 0.2) is 0 Å². The van der Waals surface area contributed by atoms with Crippen LogP contribution in [0, 0.1) is 6.92 Å². The summed E-state index contributed by atoms with van der Waals surface area (Å²) in [6.45, 7) is 6.22. The number of nitrogens with zero attached hydrogens (tertiary/aromatic N) is 2. The van der Waals surface area contributed by atoms with E-state index in [1.807, 2.05) is 19.1 Å². The van der Waals surface area contributed by atoms with E-state index >= 15 is 0 Å². The minimum absolute atomic E-state index is 0.140. The Balaban J connectivity index is 1.65. The molecule has 0 aromatic heterocycles. The van der Waals surface area contributed by atoms with Crippen molar-refractivity contribution in [3.8, 4) is 0 Å². The summed E-state index contributed by atoms with van der Waals surface area (Å²) in [5.74, 6) is -0.537. The number of allylic oxidation sites excluding steroid dienone is 1. The lowest BCUT2D eigenvalue weighted by molar-refractivity contribution is -0.122. The van der Waals surface area contributed by atoms with Gasteiger partial charge in [0.1, 0.15) is 6.04 Å². The van der Waals surface area contributed by atoms with Crippen LogP contribution in [0.3, 0.4) is 0 Å². The summed E-state index contributed by atoms with van der Waals surface area (Å²) in [5, 5.41) is 0. The van der Waals surface area contributed by atoms with E-state index in [-0.39, 0.29) is 23.8 Å². The number of amides is 2. The van der Waals surface area contributed by atoms with Crippen molar-refractivity contribution in [1.29, 1.82) is 0 Å². The second-order valence-corrected chi connectivity index (χ2v) is 11.7. The number of rotatable bonds is 8. The predicted molar refractivity (Wildman–Crippen MR) is 138 cm³/mol. The minimum atomic E-state index is -3.98. The number of aryl methyl sites for hydroxylation is 1. The van der Waals surface area contributed by atoms with Crippen LogP contribution in [0.2, 0.25) is 0 Å². The van der Waals surface area contributed by atoms with E-state index in [1.54, 1.807) is 36.4 Å². The van der Waals surface area contributed by atoms with Gasteiger partial charge in [0.05, 0.1) is 17.0 Å². The third-order valence-electron chi connectivity index (χ3n) is 6.95. The summed E-state index contributed by atoms with van der Waals surface area (Å²) in [6, 6.07) is 12.9. The maximum absolute atomic E-state index is 13.7. The van der Waals surface area contributed by atoms with E-state index < -0.39 is 22.0 Å². The van der Waals surface area contributed by atoms with Crippen molar-refractivity contribution >= 4 is 27.5 Å². The molecule has 1 heterocycles. The lowest BCUT2D eigenvalue weighted by atomic mass is 9.97. The Morgan fingerprint density at radius 3 is 2.29 bits per heavy atom. The molecule has 186 valence electrons. The molecule has 0 N–H and O–H groups in total. The summed E-state index contributed by atoms with van der Waals surface area (Å²) in [5.41, 5.74) is 3.76. The Morgan fingerprint density at radius 2 is 1.69 bits per heavy atom. The van der Waals surface area contributed by atoms with Crippen molar-refractivity contribution < 1.29 is 18.0 Å². The van der Waals surface area contributed by atoms with Crippen molar-refractivity contribution in [3.05, 3.63) is 71.3 Å². The first-order valence-corrected chi connectivity index (χ1v) is 13.9. The van der Waals surface area contributed by atoms with Gasteiger partial charge in [0, 0.05) is 6.54 Å². The highest BCUT2D eigenvalue weighted by Gasteiger charge is 2.46. The molecule has 1 saturated heterocycles. The molecule has 0 radical (unpaired) electrons. The first-order valence-electron chi connectivity index (χ1n) is 12.4. The topological polar surface area (TPSA) is 74.8 Å². The first kappa shape index (κ1) is 25.3. The SMILES string of the molecule is Cc1ccc(S(=O)(=O)N(CCC2=CCCCC2)C2CC(=O)N(c3ccc(C(C)C)cc3)C2=O)cc1. The summed E-state index contributed by atoms with van der Waals surface area (Å²) >= 11 is 0. The van der Waals surface area contributed by atoms with Crippen LogP contribution >= 0.6 is 0 Å². The van der Waals surface area contributed by atoms with Gasteiger partial charge in [-0.05, 0) is 74.8 Å². The molecule has 2 amide bonds. The van der Waals surface area contributed by atoms with E-state index in [0.29, 0.717) is 18.0 Å². The van der Waals surface area contributed by atoms with E-state index in [2.05, 4.69) is 19.9 Å². The number of carbonyl (C=O) groups excluding carboxylic acids is 2. The average molecular weight is 495 g/mol. The molecule has 0 bridgehead atoms. The van der Waals surface area contributed by atoms with Crippen LogP contribution in [0.15, 0.2) is 65.1 Å². The minimum Gasteiger partial charge on any atom is -0.274 e. The van der Waals surface area contributed by atoms with Crippen molar-refractivity contribution in [2.45, 2.75) is 76.2 Å². The Kier molecular flexibility index (Phi) is 7.57. The van der Waals surface area contributed by atoms with E-state index in [9.17, 15) is 18.0 Å². The van der Waals surface area contributed by atoms with Crippen LogP contribution in [-0.4, -0.2) is 37.1 Å². The Bertz CT molecular complexity index is 1210. The number of benzene rings is 2. The number of anilines is 1. The number of hydrogen-bond acceptors (Lipinski definition) is 4. The van der Waals surface area contributed by atoms with Crippen LogP contribution < -0.4 is 4.90 Å². The lowest BCUT2D eigenvalue weighted by Crippen LogP contribution is -2.46. The summed E-state index contributed by atoms with van der Waals surface area (Å²) in [6.07, 6.45) is 6.78. The zero-order valence-corrected chi connectivity index (χ0v) is 21.6. The highest BCUT2D eigenvalue weighted by Crippen LogP contribution is 2.31. The highest BCUT2D eigenvalue weighted by molar-refractivity contribution is 7.89. The molecular formula is C28H34N2O4S. The normalized spacial score (nSPS) is 19.1. The fourth-order valence-electron chi connectivity index (χ4n) is 4.80. The third kappa shape index (κ3) is 5.41. The van der Waals surface area contributed by atoms with Gasteiger partial charge in [-0.1, -0.05) is 55.3 Å². The van der Waals surface area contributed by atoms with Crippen LogP contribution in [0.5, 0.6) is 0 Å². The lowest BCUT2D eigenvalue weighted by Gasteiger charge is -2.28. The molecule has 1 aliphatic carbocycles. The van der Waals surface area contributed by atoms with Crippen molar-refractivity contribution in [3.63, 3.8) is 0 Å². The fourth-order valence-corrected chi connectivity index (χ4v) is 6.38. The molecule has 0 saturated carbocycles. The van der Waals surface area contributed by atoms with Gasteiger partial charge < -0.3 is 0 Å². The summed E-state index contributed by atoms with van der Waals surface area (Å²) in [7, 11) is -3.98. The molecule has 1 atom stereocenters. The highest BCUT2D eigenvalue weighted by atomic mass is 32.2. The number of imide groups is 1. The average Bonchev–Trinajstić information content (AvgIpc) is 3.13. The number of carbonyl (C=O) groups is 2. The first-order chi connectivity index (χ1) is 16.7. The Labute approximate surface area is 208 Å². The van der Waals surface area contributed by atoms with Gasteiger partial charge in [-0.3, -0.25) is 9.59 Å². The molecule has 1 fully saturated rings. The second-order valence-electron chi connectivity index (χ2n) is 9.82. The molecule has 2 aliphatic rings.